The van der Waals surface area contributed by atoms with E-state index in [2.05, 4.69) is 44.0 Å². The first-order valence-electron chi connectivity index (χ1n) is 7.20. The van der Waals surface area contributed by atoms with Crippen LogP contribution in [-0.4, -0.2) is 28.1 Å². The van der Waals surface area contributed by atoms with E-state index in [9.17, 15) is 0 Å². The Hall–Kier alpha value is -1.89. The average Bonchev–Trinajstić information content (AvgIpc) is 3.02. The third-order valence-corrected chi connectivity index (χ3v) is 3.46. The monoisotopic (exact) mass is 307 g/mol. The van der Waals surface area contributed by atoms with Crippen molar-refractivity contribution >= 4 is 23.2 Å². The van der Waals surface area contributed by atoms with Gasteiger partial charge >= 0.3 is 6.01 Å². The highest BCUT2D eigenvalue weighted by Gasteiger charge is 2.07. The van der Waals surface area contributed by atoms with E-state index in [0.29, 0.717) is 31.1 Å². The zero-order valence-corrected chi connectivity index (χ0v) is 13.2. The molecule has 2 rings (SSSR count). The Morgan fingerprint density at radius 3 is 2.57 bits per heavy atom. The van der Waals surface area contributed by atoms with Crippen LogP contribution in [0.5, 0.6) is 6.01 Å². The van der Waals surface area contributed by atoms with Crippen molar-refractivity contribution in [3.8, 4) is 6.01 Å². The van der Waals surface area contributed by atoms with E-state index in [0.717, 1.165) is 19.4 Å². The molecule has 0 bridgehead atoms. The molecular weight excluding hydrogens is 286 g/mol. The predicted molar refractivity (Wildman–Crippen MR) is 86.0 cm³/mol. The molecule has 0 spiro atoms. The van der Waals surface area contributed by atoms with Gasteiger partial charge < -0.3 is 15.4 Å². The maximum atomic E-state index is 5.51. The molecule has 114 valence electrons. The molecule has 2 N–H and O–H groups in total. The molecule has 0 aliphatic carbocycles. The molecule has 2 heterocycles. The maximum absolute atomic E-state index is 5.51. The number of hydrogen-bond donors (Lipinski definition) is 2. The molecule has 0 aromatic carbocycles. The summed E-state index contributed by atoms with van der Waals surface area (Å²) in [6, 6.07) is 4.46. The van der Waals surface area contributed by atoms with Crippen LogP contribution >= 0.6 is 11.3 Å². The van der Waals surface area contributed by atoms with Gasteiger partial charge in [0.25, 0.3) is 0 Å². The molecule has 6 nitrogen and oxygen atoms in total. The summed E-state index contributed by atoms with van der Waals surface area (Å²) in [7, 11) is 0. The minimum absolute atomic E-state index is 0.360. The standard InChI is InChI=1S/C14H21N5OS/c1-3-7-15-12-17-13(16-10-11-6-5-9-21-11)19-14(18-12)20-8-4-2/h5-6,9H,3-4,7-8,10H2,1-2H3,(H2,15,16,17,18,19). The van der Waals surface area contributed by atoms with Gasteiger partial charge in [0.15, 0.2) is 0 Å². The van der Waals surface area contributed by atoms with Crippen molar-refractivity contribution in [1.29, 1.82) is 0 Å². The van der Waals surface area contributed by atoms with E-state index < -0.39 is 0 Å². The summed E-state index contributed by atoms with van der Waals surface area (Å²) in [6.07, 6.45) is 1.93. The highest BCUT2D eigenvalue weighted by Crippen LogP contribution is 2.14. The smallest absolute Gasteiger partial charge is 0.323 e. The van der Waals surface area contributed by atoms with Crippen molar-refractivity contribution in [2.24, 2.45) is 0 Å². The van der Waals surface area contributed by atoms with E-state index in [1.807, 2.05) is 13.0 Å². The lowest BCUT2D eigenvalue weighted by Gasteiger charge is -2.09. The number of thiophene rings is 1. The third kappa shape index (κ3) is 5.18. The Bertz CT molecular complexity index is 506. The first-order valence-corrected chi connectivity index (χ1v) is 8.08. The van der Waals surface area contributed by atoms with Crippen molar-refractivity contribution in [2.75, 3.05) is 23.8 Å². The summed E-state index contributed by atoms with van der Waals surface area (Å²) < 4.78 is 5.51. The first kappa shape index (κ1) is 15.5. The van der Waals surface area contributed by atoms with Crippen LogP contribution in [-0.2, 0) is 6.54 Å². The van der Waals surface area contributed by atoms with E-state index in [-0.39, 0.29) is 0 Å². The van der Waals surface area contributed by atoms with Crippen LogP contribution in [0.2, 0.25) is 0 Å². The Kier molecular flexibility index (Phi) is 6.21. The fraction of sp³-hybridized carbons (Fsp3) is 0.500. The van der Waals surface area contributed by atoms with Gasteiger partial charge in [0, 0.05) is 11.4 Å². The van der Waals surface area contributed by atoms with Gasteiger partial charge in [-0.3, -0.25) is 0 Å². The molecular formula is C14H21N5OS. The van der Waals surface area contributed by atoms with Gasteiger partial charge in [-0.1, -0.05) is 19.9 Å². The number of anilines is 2. The Labute approximate surface area is 129 Å². The van der Waals surface area contributed by atoms with Crippen LogP contribution in [0.4, 0.5) is 11.9 Å². The number of nitrogens with one attached hydrogen (secondary N) is 2. The van der Waals surface area contributed by atoms with Crippen molar-refractivity contribution in [2.45, 2.75) is 33.2 Å². The molecule has 0 radical (unpaired) electrons. The lowest BCUT2D eigenvalue weighted by atomic mass is 10.5. The molecule has 2 aromatic heterocycles. The van der Waals surface area contributed by atoms with Gasteiger partial charge in [-0.25, -0.2) is 0 Å². The Morgan fingerprint density at radius 1 is 1.10 bits per heavy atom. The third-order valence-electron chi connectivity index (χ3n) is 2.58. The van der Waals surface area contributed by atoms with Crippen molar-refractivity contribution in [1.82, 2.24) is 15.0 Å². The molecule has 0 unspecified atom stereocenters. The van der Waals surface area contributed by atoms with Crippen LogP contribution in [0.1, 0.15) is 31.6 Å². The molecule has 0 aliphatic heterocycles. The number of aromatic nitrogens is 3. The molecule has 0 saturated heterocycles. The van der Waals surface area contributed by atoms with Crippen LogP contribution in [0.25, 0.3) is 0 Å². The van der Waals surface area contributed by atoms with Crippen molar-refractivity contribution in [3.63, 3.8) is 0 Å². The van der Waals surface area contributed by atoms with Gasteiger partial charge in [-0.15, -0.1) is 11.3 Å². The first-order chi connectivity index (χ1) is 10.3. The SMILES string of the molecule is CCCNc1nc(NCc2cccs2)nc(OCCC)n1. The molecule has 0 saturated carbocycles. The zero-order valence-electron chi connectivity index (χ0n) is 12.4. The van der Waals surface area contributed by atoms with Crippen LogP contribution < -0.4 is 15.4 Å². The largest absolute Gasteiger partial charge is 0.463 e. The summed E-state index contributed by atoms with van der Waals surface area (Å²) in [5, 5.41) is 8.42. The van der Waals surface area contributed by atoms with E-state index >= 15 is 0 Å². The lowest BCUT2D eigenvalue weighted by molar-refractivity contribution is 0.292. The van der Waals surface area contributed by atoms with Gasteiger partial charge in [-0.2, -0.15) is 15.0 Å². The molecule has 2 aromatic rings. The molecule has 21 heavy (non-hydrogen) atoms. The van der Waals surface area contributed by atoms with Gasteiger partial charge in [0.2, 0.25) is 11.9 Å². The molecule has 0 aliphatic rings. The number of hydrogen-bond acceptors (Lipinski definition) is 7. The molecule has 0 atom stereocenters. The fourth-order valence-electron chi connectivity index (χ4n) is 1.59. The highest BCUT2D eigenvalue weighted by atomic mass is 32.1. The lowest BCUT2D eigenvalue weighted by Crippen LogP contribution is -2.11. The topological polar surface area (TPSA) is 72.0 Å². The molecule has 0 amide bonds. The quantitative estimate of drug-likeness (QED) is 0.741. The van der Waals surface area contributed by atoms with Crippen LogP contribution in [0, 0.1) is 0 Å². The minimum atomic E-state index is 0.360. The summed E-state index contributed by atoms with van der Waals surface area (Å²) in [5.74, 6) is 1.08. The van der Waals surface area contributed by atoms with E-state index in [4.69, 9.17) is 4.74 Å². The minimum Gasteiger partial charge on any atom is -0.463 e. The van der Waals surface area contributed by atoms with Gasteiger partial charge in [-0.05, 0) is 24.3 Å². The van der Waals surface area contributed by atoms with Crippen molar-refractivity contribution in [3.05, 3.63) is 22.4 Å². The second-order valence-electron chi connectivity index (χ2n) is 4.47. The Balaban J connectivity index is 2.05. The second-order valence-corrected chi connectivity index (χ2v) is 5.51. The van der Waals surface area contributed by atoms with E-state index in [1.54, 1.807) is 11.3 Å². The van der Waals surface area contributed by atoms with Gasteiger partial charge in [0.05, 0.1) is 13.2 Å². The van der Waals surface area contributed by atoms with Crippen LogP contribution in [0.15, 0.2) is 17.5 Å². The van der Waals surface area contributed by atoms with E-state index in [1.165, 1.54) is 4.88 Å². The summed E-state index contributed by atoms with van der Waals surface area (Å²) in [5.41, 5.74) is 0. The summed E-state index contributed by atoms with van der Waals surface area (Å²) >= 11 is 1.70. The zero-order chi connectivity index (χ0) is 14.9. The summed E-state index contributed by atoms with van der Waals surface area (Å²) in [6.45, 7) is 6.26. The number of ether oxygens (including phenoxy) is 1. The normalized spacial score (nSPS) is 10.4. The van der Waals surface area contributed by atoms with Gasteiger partial charge in [0.1, 0.15) is 0 Å². The predicted octanol–water partition coefficient (Wildman–Crippen LogP) is 3.16. The Morgan fingerprint density at radius 2 is 1.90 bits per heavy atom. The van der Waals surface area contributed by atoms with Crippen molar-refractivity contribution < 1.29 is 4.74 Å². The van der Waals surface area contributed by atoms with Crippen LogP contribution in [0.3, 0.4) is 0 Å². The fourth-order valence-corrected chi connectivity index (χ4v) is 2.23. The summed E-state index contributed by atoms with van der Waals surface area (Å²) in [4.78, 5) is 14.1. The molecule has 7 heteroatoms. The number of nitrogens with zero attached hydrogens (tertiary/aromatic N) is 3. The second kappa shape index (κ2) is 8.41. The number of rotatable bonds is 9. The average molecular weight is 307 g/mol. The molecule has 0 fully saturated rings. The maximum Gasteiger partial charge on any atom is 0.323 e. The highest BCUT2D eigenvalue weighted by molar-refractivity contribution is 7.09.